The number of halogens is 1. The van der Waals surface area contributed by atoms with Crippen molar-refractivity contribution in [2.45, 2.75) is 55.8 Å². The number of hydrogen-bond donors (Lipinski definition) is 2. The molecule has 1 fully saturated rings. The highest BCUT2D eigenvalue weighted by molar-refractivity contribution is 7.89. The molecular weight excluding hydrogens is 320 g/mol. The molecule has 0 radical (unpaired) electrons. The number of rotatable bonds is 7. The van der Waals surface area contributed by atoms with Crippen molar-refractivity contribution in [2.24, 2.45) is 5.73 Å². The Morgan fingerprint density at radius 1 is 1.05 bits per heavy atom. The molecule has 0 spiro atoms. The second-order valence-corrected chi connectivity index (χ2v) is 7.56. The SMILES string of the molecule is Cl.NCCCCNS(=O)(=O)c1ccc(C2CCCCC2)cc1. The van der Waals surface area contributed by atoms with Crippen LogP contribution in [-0.2, 0) is 10.0 Å². The molecular formula is C16H27ClN2O2S. The molecule has 6 heteroatoms. The van der Waals surface area contributed by atoms with Gasteiger partial charge in [0.2, 0.25) is 10.0 Å². The van der Waals surface area contributed by atoms with Gasteiger partial charge in [-0.05, 0) is 55.8 Å². The van der Waals surface area contributed by atoms with Gasteiger partial charge in [0.25, 0.3) is 0 Å². The Kier molecular flexibility index (Phi) is 8.39. The van der Waals surface area contributed by atoms with Crippen LogP contribution in [0, 0.1) is 0 Å². The first-order chi connectivity index (χ1) is 10.1. The van der Waals surface area contributed by atoms with Gasteiger partial charge in [0.05, 0.1) is 4.90 Å². The fraction of sp³-hybridized carbons (Fsp3) is 0.625. The molecule has 22 heavy (non-hydrogen) atoms. The molecule has 1 aromatic rings. The van der Waals surface area contributed by atoms with Gasteiger partial charge in [0.15, 0.2) is 0 Å². The van der Waals surface area contributed by atoms with E-state index in [2.05, 4.69) is 4.72 Å². The predicted octanol–water partition coefficient (Wildman–Crippen LogP) is 3.17. The smallest absolute Gasteiger partial charge is 0.240 e. The monoisotopic (exact) mass is 346 g/mol. The standard InChI is InChI=1S/C16H26N2O2S.ClH/c17-12-4-5-13-18-21(19,20)16-10-8-15(9-11-16)14-6-2-1-3-7-14;/h8-11,14,18H,1-7,12-13,17H2;1H. The maximum Gasteiger partial charge on any atom is 0.240 e. The molecule has 3 N–H and O–H groups in total. The molecule has 126 valence electrons. The van der Waals surface area contributed by atoms with Gasteiger partial charge in [-0.3, -0.25) is 0 Å². The summed E-state index contributed by atoms with van der Waals surface area (Å²) in [5.74, 6) is 0.605. The number of nitrogens with one attached hydrogen (secondary N) is 1. The summed E-state index contributed by atoms with van der Waals surface area (Å²) in [6.45, 7) is 1.04. The first-order valence-corrected chi connectivity index (χ1v) is 9.41. The number of unbranched alkanes of at least 4 members (excludes halogenated alkanes) is 1. The first-order valence-electron chi connectivity index (χ1n) is 7.93. The van der Waals surface area contributed by atoms with Crippen LogP contribution in [0.15, 0.2) is 29.2 Å². The Morgan fingerprint density at radius 2 is 1.68 bits per heavy atom. The van der Waals surface area contributed by atoms with Gasteiger partial charge in [-0.2, -0.15) is 0 Å². The van der Waals surface area contributed by atoms with Crippen LogP contribution in [0.1, 0.15) is 56.4 Å². The van der Waals surface area contributed by atoms with E-state index < -0.39 is 10.0 Å². The molecule has 0 aliphatic heterocycles. The van der Waals surface area contributed by atoms with Crippen LogP contribution in [-0.4, -0.2) is 21.5 Å². The largest absolute Gasteiger partial charge is 0.330 e. The summed E-state index contributed by atoms with van der Waals surface area (Å²) in [5, 5.41) is 0. The van der Waals surface area contributed by atoms with Crippen molar-refractivity contribution in [1.82, 2.24) is 4.72 Å². The van der Waals surface area contributed by atoms with Gasteiger partial charge in [-0.1, -0.05) is 31.4 Å². The molecule has 1 saturated carbocycles. The predicted molar refractivity (Wildman–Crippen MR) is 93.0 cm³/mol. The van der Waals surface area contributed by atoms with Crippen molar-refractivity contribution < 1.29 is 8.42 Å². The maximum absolute atomic E-state index is 12.1. The van der Waals surface area contributed by atoms with E-state index >= 15 is 0 Å². The van der Waals surface area contributed by atoms with Crippen LogP contribution < -0.4 is 10.5 Å². The summed E-state index contributed by atoms with van der Waals surface area (Å²) in [5.41, 5.74) is 6.67. The minimum Gasteiger partial charge on any atom is -0.330 e. The summed E-state index contributed by atoms with van der Waals surface area (Å²) in [7, 11) is -3.38. The Morgan fingerprint density at radius 3 is 2.27 bits per heavy atom. The lowest BCUT2D eigenvalue weighted by Gasteiger charge is -2.22. The quantitative estimate of drug-likeness (QED) is 0.745. The Hall–Kier alpha value is -0.620. The average molecular weight is 347 g/mol. The molecule has 1 aromatic carbocycles. The number of benzene rings is 1. The zero-order chi connectivity index (χ0) is 15.1. The van der Waals surface area contributed by atoms with Crippen LogP contribution in [0.4, 0.5) is 0 Å². The Labute approximate surface area is 140 Å². The molecule has 0 heterocycles. The Bertz CT molecular complexity index is 526. The number of sulfonamides is 1. The molecule has 1 aliphatic carbocycles. The highest BCUT2D eigenvalue weighted by Gasteiger charge is 2.17. The van der Waals surface area contributed by atoms with Crippen LogP contribution in [0.3, 0.4) is 0 Å². The molecule has 4 nitrogen and oxygen atoms in total. The van der Waals surface area contributed by atoms with Gasteiger partial charge in [0.1, 0.15) is 0 Å². The highest BCUT2D eigenvalue weighted by atomic mass is 35.5. The van der Waals surface area contributed by atoms with Crippen molar-refractivity contribution in [3.05, 3.63) is 29.8 Å². The fourth-order valence-corrected chi connectivity index (χ4v) is 3.99. The third-order valence-corrected chi connectivity index (χ3v) is 5.67. The lowest BCUT2D eigenvalue weighted by molar-refractivity contribution is 0.443. The molecule has 0 amide bonds. The average Bonchev–Trinajstić information content (AvgIpc) is 2.53. The first kappa shape index (κ1) is 19.4. The third kappa shape index (κ3) is 5.54. The second kappa shape index (κ2) is 9.50. The van der Waals surface area contributed by atoms with E-state index in [0.717, 1.165) is 12.8 Å². The zero-order valence-electron chi connectivity index (χ0n) is 13.0. The third-order valence-electron chi connectivity index (χ3n) is 4.19. The molecule has 0 unspecified atom stereocenters. The van der Waals surface area contributed by atoms with E-state index in [1.807, 2.05) is 12.1 Å². The van der Waals surface area contributed by atoms with Gasteiger partial charge in [0, 0.05) is 6.54 Å². The van der Waals surface area contributed by atoms with Crippen molar-refractivity contribution in [2.75, 3.05) is 13.1 Å². The molecule has 0 saturated heterocycles. The van der Waals surface area contributed by atoms with E-state index in [1.165, 1.54) is 37.7 Å². The second-order valence-electron chi connectivity index (χ2n) is 5.80. The zero-order valence-corrected chi connectivity index (χ0v) is 14.6. The van der Waals surface area contributed by atoms with Crippen molar-refractivity contribution in [3.63, 3.8) is 0 Å². The minimum atomic E-state index is -3.38. The van der Waals surface area contributed by atoms with Crippen LogP contribution in [0.25, 0.3) is 0 Å². The lowest BCUT2D eigenvalue weighted by atomic mass is 9.84. The molecule has 1 aliphatic rings. The normalized spacial score (nSPS) is 16.2. The summed E-state index contributed by atoms with van der Waals surface area (Å²) in [6.07, 6.45) is 7.96. The van der Waals surface area contributed by atoms with E-state index in [0.29, 0.717) is 23.9 Å². The van der Waals surface area contributed by atoms with E-state index in [9.17, 15) is 8.42 Å². The van der Waals surface area contributed by atoms with Gasteiger partial charge >= 0.3 is 0 Å². The van der Waals surface area contributed by atoms with Crippen molar-refractivity contribution in [3.8, 4) is 0 Å². The van der Waals surface area contributed by atoms with E-state index in [-0.39, 0.29) is 12.4 Å². The Balaban J connectivity index is 0.00000242. The molecule has 0 aromatic heterocycles. The summed E-state index contributed by atoms with van der Waals surface area (Å²) in [6, 6.07) is 7.42. The van der Waals surface area contributed by atoms with E-state index in [4.69, 9.17) is 5.73 Å². The molecule has 2 rings (SSSR count). The maximum atomic E-state index is 12.1. The van der Waals surface area contributed by atoms with Crippen LogP contribution in [0.5, 0.6) is 0 Å². The topological polar surface area (TPSA) is 72.2 Å². The van der Waals surface area contributed by atoms with Crippen LogP contribution >= 0.6 is 12.4 Å². The van der Waals surface area contributed by atoms with Crippen LogP contribution in [0.2, 0.25) is 0 Å². The van der Waals surface area contributed by atoms with Crippen molar-refractivity contribution >= 4 is 22.4 Å². The lowest BCUT2D eigenvalue weighted by Crippen LogP contribution is -2.25. The molecule has 0 atom stereocenters. The van der Waals surface area contributed by atoms with Crippen molar-refractivity contribution in [1.29, 1.82) is 0 Å². The summed E-state index contributed by atoms with van der Waals surface area (Å²) < 4.78 is 26.9. The fourth-order valence-electron chi connectivity index (χ4n) is 2.91. The summed E-state index contributed by atoms with van der Waals surface area (Å²) in [4.78, 5) is 0.356. The minimum absolute atomic E-state index is 0. The van der Waals surface area contributed by atoms with Gasteiger partial charge < -0.3 is 5.73 Å². The number of nitrogens with two attached hydrogens (primary N) is 1. The molecule has 0 bridgehead atoms. The summed E-state index contributed by atoms with van der Waals surface area (Å²) >= 11 is 0. The van der Waals surface area contributed by atoms with Gasteiger partial charge in [-0.15, -0.1) is 12.4 Å². The number of hydrogen-bond acceptors (Lipinski definition) is 3. The van der Waals surface area contributed by atoms with Gasteiger partial charge in [-0.25, -0.2) is 13.1 Å². The van der Waals surface area contributed by atoms with E-state index in [1.54, 1.807) is 12.1 Å². The highest BCUT2D eigenvalue weighted by Crippen LogP contribution is 2.32.